The molecule has 2 aromatic heterocycles. The largest absolute Gasteiger partial charge is 0.393 e. The lowest BCUT2D eigenvalue weighted by Crippen LogP contribution is -2.28. The number of aliphatic hydroxyl groups excluding tert-OH is 1. The SMILES string of the molecule is Cc1ccc2c(c1)nc1c3ccc(NC4CCC(O)CC4)c4cccc(c(=O)n21)c43. The molecular weight excluding hydrogens is 374 g/mol. The van der Waals surface area contributed by atoms with Gasteiger partial charge in [-0.2, -0.15) is 0 Å². The highest BCUT2D eigenvalue weighted by Gasteiger charge is 2.21. The number of rotatable bonds is 2. The van der Waals surface area contributed by atoms with Crippen LogP contribution in [0.2, 0.25) is 0 Å². The summed E-state index contributed by atoms with van der Waals surface area (Å²) in [5, 5.41) is 17.2. The first-order chi connectivity index (χ1) is 14.6. The van der Waals surface area contributed by atoms with Crippen LogP contribution in [0.25, 0.3) is 38.2 Å². The summed E-state index contributed by atoms with van der Waals surface area (Å²) in [4.78, 5) is 18.3. The van der Waals surface area contributed by atoms with Crippen LogP contribution < -0.4 is 10.9 Å². The number of aliphatic hydroxyl groups is 1. The summed E-state index contributed by atoms with van der Waals surface area (Å²) in [5.41, 5.74) is 4.58. The molecule has 5 heteroatoms. The molecule has 5 nitrogen and oxygen atoms in total. The van der Waals surface area contributed by atoms with Gasteiger partial charge in [0.1, 0.15) is 5.65 Å². The number of pyridine rings is 1. The molecule has 1 saturated carbocycles. The quantitative estimate of drug-likeness (QED) is 0.456. The molecule has 150 valence electrons. The van der Waals surface area contributed by atoms with Crippen molar-refractivity contribution in [2.45, 2.75) is 44.8 Å². The highest BCUT2D eigenvalue weighted by atomic mass is 16.3. The summed E-state index contributed by atoms with van der Waals surface area (Å²) in [7, 11) is 0. The summed E-state index contributed by atoms with van der Waals surface area (Å²) in [6.45, 7) is 2.04. The molecule has 0 unspecified atom stereocenters. The number of nitrogens with one attached hydrogen (secondary N) is 1. The number of imidazole rings is 1. The van der Waals surface area contributed by atoms with Gasteiger partial charge in [-0.25, -0.2) is 4.98 Å². The van der Waals surface area contributed by atoms with Gasteiger partial charge in [-0.15, -0.1) is 0 Å². The van der Waals surface area contributed by atoms with Crippen LogP contribution in [0.5, 0.6) is 0 Å². The fourth-order valence-electron chi connectivity index (χ4n) is 5.03. The predicted octanol–water partition coefficient (Wildman–Crippen LogP) is 4.62. The topological polar surface area (TPSA) is 66.6 Å². The molecule has 6 rings (SSSR count). The van der Waals surface area contributed by atoms with Crippen LogP contribution in [0.1, 0.15) is 31.2 Å². The molecule has 0 spiro atoms. The van der Waals surface area contributed by atoms with Gasteiger partial charge in [0.05, 0.1) is 17.1 Å². The van der Waals surface area contributed by atoms with Crippen LogP contribution in [-0.4, -0.2) is 26.6 Å². The van der Waals surface area contributed by atoms with Crippen LogP contribution >= 0.6 is 0 Å². The molecule has 2 heterocycles. The van der Waals surface area contributed by atoms with Crippen molar-refractivity contribution >= 4 is 43.9 Å². The van der Waals surface area contributed by atoms with E-state index >= 15 is 0 Å². The summed E-state index contributed by atoms with van der Waals surface area (Å²) < 4.78 is 1.75. The van der Waals surface area contributed by atoms with Gasteiger partial charge in [-0.05, 0) is 68.5 Å². The number of benzene rings is 3. The monoisotopic (exact) mass is 397 g/mol. The van der Waals surface area contributed by atoms with Crippen LogP contribution in [0.15, 0.2) is 53.3 Å². The van der Waals surface area contributed by atoms with E-state index in [9.17, 15) is 9.90 Å². The predicted molar refractivity (Wildman–Crippen MR) is 122 cm³/mol. The molecule has 30 heavy (non-hydrogen) atoms. The fraction of sp³-hybridized carbons (Fsp3) is 0.280. The number of hydrogen-bond acceptors (Lipinski definition) is 4. The van der Waals surface area contributed by atoms with Crippen molar-refractivity contribution in [3.05, 3.63) is 64.4 Å². The summed E-state index contributed by atoms with van der Waals surface area (Å²) >= 11 is 0. The van der Waals surface area contributed by atoms with Crippen molar-refractivity contribution in [1.29, 1.82) is 0 Å². The zero-order chi connectivity index (χ0) is 20.4. The maximum Gasteiger partial charge on any atom is 0.264 e. The van der Waals surface area contributed by atoms with Crippen molar-refractivity contribution in [3.8, 4) is 0 Å². The average molecular weight is 397 g/mol. The zero-order valence-corrected chi connectivity index (χ0v) is 16.9. The molecule has 5 aromatic rings. The Kier molecular flexibility index (Phi) is 3.77. The number of aryl methyl sites for hydroxylation is 1. The maximum atomic E-state index is 13.5. The molecule has 0 saturated heterocycles. The van der Waals surface area contributed by atoms with Crippen molar-refractivity contribution in [2.75, 3.05) is 5.32 Å². The molecule has 3 aromatic carbocycles. The summed E-state index contributed by atoms with van der Waals surface area (Å²) in [6, 6.07) is 16.5. The van der Waals surface area contributed by atoms with Crippen LogP contribution in [0.4, 0.5) is 5.69 Å². The van der Waals surface area contributed by atoms with Crippen molar-refractivity contribution in [2.24, 2.45) is 0 Å². The zero-order valence-electron chi connectivity index (χ0n) is 16.9. The lowest BCUT2D eigenvalue weighted by Gasteiger charge is -2.27. The molecule has 0 aliphatic heterocycles. The third kappa shape index (κ3) is 2.52. The Morgan fingerprint density at radius 1 is 1.00 bits per heavy atom. The maximum absolute atomic E-state index is 13.5. The smallest absolute Gasteiger partial charge is 0.264 e. The van der Waals surface area contributed by atoms with Gasteiger partial charge < -0.3 is 10.4 Å². The van der Waals surface area contributed by atoms with E-state index in [1.54, 1.807) is 4.40 Å². The molecule has 1 aliphatic rings. The Morgan fingerprint density at radius 2 is 1.80 bits per heavy atom. The van der Waals surface area contributed by atoms with E-state index in [4.69, 9.17) is 4.98 Å². The van der Waals surface area contributed by atoms with Gasteiger partial charge in [0.2, 0.25) is 0 Å². The number of hydrogen-bond donors (Lipinski definition) is 2. The molecule has 1 aliphatic carbocycles. The van der Waals surface area contributed by atoms with E-state index in [-0.39, 0.29) is 11.7 Å². The standard InChI is InChI=1S/C25H23N3O2/c1-14-5-12-22-21(13-14)27-24-18-10-11-20(26-15-6-8-16(29)9-7-15)17-3-2-4-19(23(17)18)25(30)28(22)24/h2-5,10-13,15-16,26,29H,6-9H2,1H3. The highest BCUT2D eigenvalue weighted by Crippen LogP contribution is 2.35. The first-order valence-corrected chi connectivity index (χ1v) is 10.6. The third-order valence-corrected chi connectivity index (χ3v) is 6.58. The van der Waals surface area contributed by atoms with Crippen LogP contribution in [0, 0.1) is 6.92 Å². The van der Waals surface area contributed by atoms with Crippen molar-refractivity contribution in [1.82, 2.24) is 9.38 Å². The normalized spacial score (nSPS) is 19.9. The molecule has 0 radical (unpaired) electrons. The Balaban J connectivity index is 1.61. The number of aromatic nitrogens is 2. The van der Waals surface area contributed by atoms with Crippen LogP contribution in [0.3, 0.4) is 0 Å². The Morgan fingerprint density at radius 3 is 2.63 bits per heavy atom. The molecular formula is C25H23N3O2. The lowest BCUT2D eigenvalue weighted by atomic mass is 9.92. The van der Waals surface area contributed by atoms with E-state index < -0.39 is 0 Å². The second-order valence-corrected chi connectivity index (χ2v) is 8.61. The average Bonchev–Trinajstić information content (AvgIpc) is 3.13. The lowest BCUT2D eigenvalue weighted by molar-refractivity contribution is 0.126. The highest BCUT2D eigenvalue weighted by molar-refractivity contribution is 6.18. The van der Waals surface area contributed by atoms with E-state index in [2.05, 4.69) is 23.5 Å². The van der Waals surface area contributed by atoms with E-state index in [1.807, 2.05) is 37.3 Å². The second kappa shape index (κ2) is 6.41. The van der Waals surface area contributed by atoms with Crippen molar-refractivity contribution in [3.63, 3.8) is 0 Å². The van der Waals surface area contributed by atoms with Gasteiger partial charge in [0.25, 0.3) is 5.56 Å². The molecule has 0 bridgehead atoms. The molecule has 0 atom stereocenters. The Bertz CT molecular complexity index is 1480. The minimum Gasteiger partial charge on any atom is -0.393 e. The second-order valence-electron chi connectivity index (χ2n) is 8.61. The Hall–Kier alpha value is -3.18. The number of nitrogens with zero attached hydrogens (tertiary/aromatic N) is 2. The van der Waals surface area contributed by atoms with Gasteiger partial charge in [-0.1, -0.05) is 18.2 Å². The van der Waals surface area contributed by atoms with E-state index in [1.165, 1.54) is 0 Å². The van der Waals surface area contributed by atoms with E-state index in [0.29, 0.717) is 6.04 Å². The molecule has 2 N–H and O–H groups in total. The van der Waals surface area contributed by atoms with Gasteiger partial charge in [0.15, 0.2) is 0 Å². The minimum absolute atomic E-state index is 0.0209. The van der Waals surface area contributed by atoms with Gasteiger partial charge in [0, 0.05) is 33.3 Å². The van der Waals surface area contributed by atoms with Crippen molar-refractivity contribution < 1.29 is 5.11 Å². The Labute approximate surface area is 173 Å². The molecule has 1 fully saturated rings. The third-order valence-electron chi connectivity index (χ3n) is 6.58. The fourth-order valence-corrected chi connectivity index (χ4v) is 5.03. The van der Waals surface area contributed by atoms with Gasteiger partial charge in [-0.3, -0.25) is 9.20 Å². The molecule has 0 amide bonds. The summed E-state index contributed by atoms with van der Waals surface area (Å²) in [5.74, 6) is 0. The first-order valence-electron chi connectivity index (χ1n) is 10.6. The minimum atomic E-state index is -0.173. The van der Waals surface area contributed by atoms with Gasteiger partial charge >= 0.3 is 0 Å². The van der Waals surface area contributed by atoms with E-state index in [0.717, 1.165) is 75.2 Å². The number of anilines is 1. The first kappa shape index (κ1) is 17.7. The van der Waals surface area contributed by atoms with Crippen LogP contribution in [-0.2, 0) is 0 Å². The number of fused-ring (bicyclic) bond motifs is 4. The summed E-state index contributed by atoms with van der Waals surface area (Å²) in [6.07, 6.45) is 3.41.